The molecule has 1 aliphatic heterocycles. The number of alkyl halides is 1. The van der Waals surface area contributed by atoms with Crippen molar-refractivity contribution in [3.8, 4) is 0 Å². The topological polar surface area (TPSA) is 86.8 Å². The number of piperidine rings is 1. The van der Waals surface area contributed by atoms with Crippen LogP contribution in [0, 0.1) is 17.0 Å². The Hall–Kier alpha value is -1.81. The van der Waals surface area contributed by atoms with E-state index in [9.17, 15) is 13.6 Å². The third-order valence-electron chi connectivity index (χ3n) is 7.29. The molecule has 35 heavy (non-hydrogen) atoms. The van der Waals surface area contributed by atoms with Gasteiger partial charge >= 0.3 is 0 Å². The van der Waals surface area contributed by atoms with Gasteiger partial charge in [0.15, 0.2) is 17.6 Å². The molecule has 2 aliphatic rings. The number of hydrogen-bond acceptors (Lipinski definition) is 5. The van der Waals surface area contributed by atoms with Crippen LogP contribution in [0.3, 0.4) is 0 Å². The zero-order valence-electron chi connectivity index (χ0n) is 20.8. The molecule has 0 radical (unpaired) electrons. The molecule has 1 saturated heterocycles. The fourth-order valence-corrected chi connectivity index (χ4v) is 5.57. The minimum Gasteiger partial charge on any atom is -0.380 e. The molecule has 2 fully saturated rings. The highest BCUT2D eigenvalue weighted by Crippen LogP contribution is 2.46. The van der Waals surface area contributed by atoms with E-state index in [1.165, 1.54) is 6.07 Å². The molecular formula is C25H38ClF2N5O2. The van der Waals surface area contributed by atoms with Crippen molar-refractivity contribution in [2.45, 2.75) is 76.0 Å². The predicted molar refractivity (Wildman–Crippen MR) is 135 cm³/mol. The zero-order chi connectivity index (χ0) is 25.4. The Balaban J connectivity index is 1.85. The highest BCUT2D eigenvalue weighted by molar-refractivity contribution is 6.20. The van der Waals surface area contributed by atoms with E-state index in [1.807, 2.05) is 14.0 Å². The lowest BCUT2D eigenvalue weighted by atomic mass is 9.63. The molecule has 1 spiro atoms. The first-order valence-electron chi connectivity index (χ1n) is 12.6. The quantitative estimate of drug-likeness (QED) is 0.185. The third kappa shape index (κ3) is 6.90. The van der Waals surface area contributed by atoms with E-state index < -0.39 is 17.5 Å². The van der Waals surface area contributed by atoms with Gasteiger partial charge in [-0.1, -0.05) is 6.92 Å². The zero-order valence-corrected chi connectivity index (χ0v) is 21.6. The highest BCUT2D eigenvalue weighted by Gasteiger charge is 2.51. The molecule has 5 unspecified atom stereocenters. The molecular weight excluding hydrogens is 476 g/mol. The summed E-state index contributed by atoms with van der Waals surface area (Å²) in [5.74, 6) is -2.37. The van der Waals surface area contributed by atoms with E-state index in [0.717, 1.165) is 50.7 Å². The van der Waals surface area contributed by atoms with Crippen molar-refractivity contribution in [1.82, 2.24) is 21.3 Å². The molecule has 5 atom stereocenters. The molecule has 3 rings (SSSR count). The number of carbonyl (C=O) groups is 1. The van der Waals surface area contributed by atoms with Gasteiger partial charge in [-0.05, 0) is 70.7 Å². The van der Waals surface area contributed by atoms with E-state index in [2.05, 4.69) is 33.2 Å². The lowest BCUT2D eigenvalue weighted by Crippen LogP contribution is -2.69. The highest BCUT2D eigenvalue weighted by atomic mass is 35.5. The molecule has 1 amide bonds. The average Bonchev–Trinajstić information content (AvgIpc) is 2.85. The number of guanidine groups is 1. The third-order valence-corrected chi connectivity index (χ3v) is 7.69. The van der Waals surface area contributed by atoms with E-state index in [4.69, 9.17) is 16.3 Å². The lowest BCUT2D eigenvalue weighted by molar-refractivity contribution is 0.0214. The fraction of sp³-hybridized carbons (Fsp3) is 0.680. The number of benzene rings is 1. The van der Waals surface area contributed by atoms with Gasteiger partial charge in [-0.3, -0.25) is 20.4 Å². The fourth-order valence-electron chi connectivity index (χ4n) is 5.28. The second-order valence-electron chi connectivity index (χ2n) is 9.34. The van der Waals surface area contributed by atoms with Gasteiger partial charge in [0.2, 0.25) is 0 Å². The molecule has 196 valence electrons. The first-order valence-corrected chi connectivity index (χ1v) is 13.0. The van der Waals surface area contributed by atoms with E-state index in [0.29, 0.717) is 25.8 Å². The van der Waals surface area contributed by atoms with Crippen LogP contribution in [0.25, 0.3) is 0 Å². The van der Waals surface area contributed by atoms with Crippen LogP contribution in [0.1, 0.15) is 62.7 Å². The monoisotopic (exact) mass is 513 g/mol. The van der Waals surface area contributed by atoms with Crippen LogP contribution in [-0.4, -0.2) is 62.3 Å². The molecule has 0 aromatic heterocycles. The van der Waals surface area contributed by atoms with Crippen molar-refractivity contribution in [2.75, 3.05) is 26.8 Å². The number of rotatable bonds is 8. The van der Waals surface area contributed by atoms with E-state index in [1.54, 1.807) is 0 Å². The van der Waals surface area contributed by atoms with Gasteiger partial charge in [0, 0.05) is 35.0 Å². The second-order valence-corrected chi connectivity index (χ2v) is 9.96. The molecule has 0 bridgehead atoms. The Morgan fingerprint density at radius 1 is 1.26 bits per heavy atom. The normalized spacial score (nSPS) is 29.3. The van der Waals surface area contributed by atoms with Crippen molar-refractivity contribution < 1.29 is 18.3 Å². The average molecular weight is 514 g/mol. The smallest absolute Gasteiger partial charge is 0.258 e. The first-order chi connectivity index (χ1) is 16.8. The van der Waals surface area contributed by atoms with Crippen LogP contribution < -0.4 is 21.3 Å². The Morgan fingerprint density at radius 2 is 2.03 bits per heavy atom. The van der Waals surface area contributed by atoms with Crippen molar-refractivity contribution in [3.63, 3.8) is 0 Å². The van der Waals surface area contributed by atoms with Crippen LogP contribution in [0.5, 0.6) is 0 Å². The summed E-state index contributed by atoms with van der Waals surface area (Å²) in [5.41, 5.74) is -0.115. The maximum absolute atomic E-state index is 13.7. The van der Waals surface area contributed by atoms with Crippen LogP contribution in [0.2, 0.25) is 0 Å². The largest absolute Gasteiger partial charge is 0.380 e. The molecule has 10 heteroatoms. The Bertz CT molecular complexity index is 889. The number of ether oxygens (including phenoxy) is 1. The number of nitrogens with zero attached hydrogens (tertiary/aromatic N) is 1. The summed E-state index contributed by atoms with van der Waals surface area (Å²) in [4.78, 5) is 17.4. The number of halogens is 3. The number of hydrogen-bond donors (Lipinski definition) is 4. The summed E-state index contributed by atoms with van der Waals surface area (Å²) in [6.07, 6.45) is 5.57. The van der Waals surface area contributed by atoms with Crippen molar-refractivity contribution in [3.05, 3.63) is 35.4 Å². The van der Waals surface area contributed by atoms with Crippen molar-refractivity contribution in [2.24, 2.45) is 10.4 Å². The van der Waals surface area contributed by atoms with E-state index >= 15 is 0 Å². The van der Waals surface area contributed by atoms with Gasteiger partial charge in [0.1, 0.15) is 0 Å². The molecule has 1 aromatic carbocycles. The van der Waals surface area contributed by atoms with Gasteiger partial charge in [-0.25, -0.2) is 8.78 Å². The lowest BCUT2D eigenvalue weighted by Gasteiger charge is -2.54. The van der Waals surface area contributed by atoms with Gasteiger partial charge in [0.05, 0.1) is 19.3 Å². The van der Waals surface area contributed by atoms with Crippen LogP contribution >= 0.6 is 11.6 Å². The summed E-state index contributed by atoms with van der Waals surface area (Å²) >= 11 is 6.53. The summed E-state index contributed by atoms with van der Waals surface area (Å²) in [5, 5.41) is 13.6. The molecule has 1 heterocycles. The summed E-state index contributed by atoms with van der Waals surface area (Å²) in [6, 6.07) is 3.59. The van der Waals surface area contributed by atoms with Crippen LogP contribution in [0.15, 0.2) is 23.2 Å². The van der Waals surface area contributed by atoms with Gasteiger partial charge in [-0.15, -0.1) is 11.6 Å². The van der Waals surface area contributed by atoms with Gasteiger partial charge in [0.25, 0.3) is 5.91 Å². The second kappa shape index (κ2) is 12.9. The summed E-state index contributed by atoms with van der Waals surface area (Å²) in [6.45, 7) is 5.36. The summed E-state index contributed by atoms with van der Waals surface area (Å²) < 4.78 is 32.5. The van der Waals surface area contributed by atoms with E-state index in [-0.39, 0.29) is 34.5 Å². The Morgan fingerprint density at radius 3 is 2.71 bits per heavy atom. The van der Waals surface area contributed by atoms with Crippen LogP contribution in [0.4, 0.5) is 8.78 Å². The summed E-state index contributed by atoms with van der Waals surface area (Å²) in [7, 11) is 1.96. The van der Waals surface area contributed by atoms with Gasteiger partial charge in [-0.2, -0.15) is 0 Å². The van der Waals surface area contributed by atoms with Crippen molar-refractivity contribution >= 4 is 23.5 Å². The standard InChI is InChI=1S/C25H38ClF2N5O2/c1-4-18-9-11-25(10-8-17(26)15-21(25)29-3)23(31-18)33-24(30-12-13-35-5-2)32-22(34)16-6-7-19(27)20(28)14-16/h6-7,14,17-18,21,23,29,31H,4-5,8-13,15H2,1-3H3,(H2,30,32,33,34). The number of amides is 1. The molecule has 1 aliphatic carbocycles. The minimum atomic E-state index is -1.08. The minimum absolute atomic E-state index is 0.0108. The molecule has 7 nitrogen and oxygen atoms in total. The molecule has 1 aromatic rings. The molecule has 4 N–H and O–H groups in total. The number of aliphatic imine (C=N–C) groups is 1. The van der Waals surface area contributed by atoms with Crippen molar-refractivity contribution in [1.29, 1.82) is 0 Å². The Kier molecular flexibility index (Phi) is 10.3. The van der Waals surface area contributed by atoms with Crippen LogP contribution in [-0.2, 0) is 4.74 Å². The maximum Gasteiger partial charge on any atom is 0.258 e. The van der Waals surface area contributed by atoms with Gasteiger partial charge < -0.3 is 15.4 Å². The molecule has 1 saturated carbocycles. The predicted octanol–water partition coefficient (Wildman–Crippen LogP) is 3.53. The number of nitrogens with one attached hydrogen (secondary N) is 4. The number of carbonyl (C=O) groups excluding carboxylic acids is 1. The maximum atomic E-state index is 13.7. The Labute approximate surface area is 211 Å². The first kappa shape index (κ1) is 27.8. The SMILES string of the molecule is CCOCCN=C(NC(=O)c1ccc(F)c(F)c1)NC1NC(CC)CCC12CCC(Cl)CC2NC.